The summed E-state index contributed by atoms with van der Waals surface area (Å²) in [4.78, 5) is 12.2. The van der Waals surface area contributed by atoms with Gasteiger partial charge in [-0.1, -0.05) is 12.1 Å². The van der Waals surface area contributed by atoms with Crippen molar-refractivity contribution in [3.8, 4) is 0 Å². The van der Waals surface area contributed by atoms with E-state index in [0.717, 1.165) is 19.3 Å². The van der Waals surface area contributed by atoms with Crippen LogP contribution in [0.1, 0.15) is 27.9 Å². The summed E-state index contributed by atoms with van der Waals surface area (Å²) in [7, 11) is -3.82. The zero-order chi connectivity index (χ0) is 15.7. The molecule has 1 aliphatic rings. The van der Waals surface area contributed by atoms with E-state index in [9.17, 15) is 13.2 Å². The van der Waals surface area contributed by atoms with Gasteiger partial charge in [0, 0.05) is 11.3 Å². The Bertz CT molecular complexity index is 844. The zero-order valence-electron chi connectivity index (χ0n) is 11.9. The standard InChI is InChI=1S/C16H16N2O3S/c17-22(20,21)15-6-2-5-13(10-15)16(19)18-14-8-7-11-3-1-4-12(11)9-14/h2,5-10H,1,3-4H2,(H,18,19)(H2,17,20,21). The molecule has 0 spiro atoms. The molecule has 1 aliphatic carbocycles. The van der Waals surface area contributed by atoms with Crippen molar-refractivity contribution in [2.24, 2.45) is 5.14 Å². The number of fused-ring (bicyclic) bond motifs is 1. The number of rotatable bonds is 3. The smallest absolute Gasteiger partial charge is 0.255 e. The van der Waals surface area contributed by atoms with Gasteiger partial charge in [0.1, 0.15) is 0 Å². The van der Waals surface area contributed by atoms with E-state index < -0.39 is 10.0 Å². The van der Waals surface area contributed by atoms with E-state index in [1.54, 1.807) is 6.07 Å². The van der Waals surface area contributed by atoms with Gasteiger partial charge in [0.15, 0.2) is 0 Å². The molecule has 0 unspecified atom stereocenters. The molecular weight excluding hydrogens is 300 g/mol. The number of hydrogen-bond acceptors (Lipinski definition) is 3. The molecule has 114 valence electrons. The van der Waals surface area contributed by atoms with E-state index in [2.05, 4.69) is 5.32 Å². The van der Waals surface area contributed by atoms with Crippen molar-refractivity contribution >= 4 is 21.6 Å². The Labute approximate surface area is 129 Å². The van der Waals surface area contributed by atoms with Crippen LogP contribution in [0, 0.1) is 0 Å². The molecule has 0 saturated carbocycles. The van der Waals surface area contributed by atoms with Crippen LogP contribution in [0.5, 0.6) is 0 Å². The fourth-order valence-corrected chi connectivity index (χ4v) is 3.23. The number of carbonyl (C=O) groups is 1. The first-order chi connectivity index (χ1) is 10.4. The van der Waals surface area contributed by atoms with E-state index in [-0.39, 0.29) is 16.4 Å². The number of benzene rings is 2. The Kier molecular flexibility index (Phi) is 3.72. The van der Waals surface area contributed by atoms with Gasteiger partial charge < -0.3 is 5.32 Å². The number of primary sulfonamides is 1. The van der Waals surface area contributed by atoms with Crippen molar-refractivity contribution in [1.82, 2.24) is 0 Å². The highest BCUT2D eigenvalue weighted by molar-refractivity contribution is 7.89. The Hall–Kier alpha value is -2.18. The van der Waals surface area contributed by atoms with Crippen LogP contribution in [-0.4, -0.2) is 14.3 Å². The molecule has 0 saturated heterocycles. The molecule has 0 heterocycles. The van der Waals surface area contributed by atoms with Crippen LogP contribution in [-0.2, 0) is 22.9 Å². The van der Waals surface area contributed by atoms with E-state index >= 15 is 0 Å². The van der Waals surface area contributed by atoms with Crippen LogP contribution >= 0.6 is 0 Å². The second-order valence-corrected chi connectivity index (χ2v) is 6.93. The number of sulfonamides is 1. The molecule has 0 fully saturated rings. The van der Waals surface area contributed by atoms with E-state index in [0.29, 0.717) is 5.69 Å². The lowest BCUT2D eigenvalue weighted by molar-refractivity contribution is 0.102. The highest BCUT2D eigenvalue weighted by Gasteiger charge is 2.14. The average molecular weight is 316 g/mol. The van der Waals surface area contributed by atoms with Crippen LogP contribution in [0.15, 0.2) is 47.4 Å². The molecule has 2 aromatic carbocycles. The first-order valence-electron chi connectivity index (χ1n) is 6.99. The Morgan fingerprint density at radius 3 is 2.59 bits per heavy atom. The number of nitrogens with two attached hydrogens (primary N) is 1. The molecular formula is C16H16N2O3S. The molecule has 1 amide bonds. The molecule has 6 heteroatoms. The summed E-state index contributed by atoms with van der Waals surface area (Å²) in [6.45, 7) is 0. The second-order valence-electron chi connectivity index (χ2n) is 5.36. The highest BCUT2D eigenvalue weighted by Crippen LogP contribution is 2.25. The van der Waals surface area contributed by atoms with Gasteiger partial charge in [0.05, 0.1) is 4.90 Å². The molecule has 0 aliphatic heterocycles. The Balaban J connectivity index is 1.83. The minimum atomic E-state index is -3.82. The fraction of sp³-hybridized carbons (Fsp3) is 0.188. The van der Waals surface area contributed by atoms with Crippen LogP contribution in [0.2, 0.25) is 0 Å². The van der Waals surface area contributed by atoms with Crippen molar-refractivity contribution in [3.05, 3.63) is 59.2 Å². The number of nitrogens with one attached hydrogen (secondary N) is 1. The minimum Gasteiger partial charge on any atom is -0.322 e. The Morgan fingerprint density at radius 1 is 1.05 bits per heavy atom. The fourth-order valence-electron chi connectivity index (χ4n) is 2.67. The predicted octanol–water partition coefficient (Wildman–Crippen LogP) is 2.08. The first-order valence-corrected chi connectivity index (χ1v) is 8.54. The molecule has 3 N–H and O–H groups in total. The van der Waals surface area contributed by atoms with Gasteiger partial charge >= 0.3 is 0 Å². The van der Waals surface area contributed by atoms with Gasteiger partial charge in [-0.05, 0) is 60.7 Å². The summed E-state index contributed by atoms with van der Waals surface area (Å²) >= 11 is 0. The third kappa shape index (κ3) is 3.03. The molecule has 22 heavy (non-hydrogen) atoms. The molecule has 3 rings (SSSR count). The molecule has 0 aromatic heterocycles. The summed E-state index contributed by atoms with van der Waals surface area (Å²) in [5.74, 6) is -0.358. The van der Waals surface area contributed by atoms with E-state index in [1.165, 1.54) is 29.3 Å². The third-order valence-corrected chi connectivity index (χ3v) is 4.69. The topological polar surface area (TPSA) is 89.3 Å². The summed E-state index contributed by atoms with van der Waals surface area (Å²) in [6.07, 6.45) is 3.25. The second kappa shape index (κ2) is 5.55. The van der Waals surface area contributed by atoms with Crippen molar-refractivity contribution in [3.63, 3.8) is 0 Å². The van der Waals surface area contributed by atoms with Crippen LogP contribution in [0.25, 0.3) is 0 Å². The van der Waals surface area contributed by atoms with Crippen LogP contribution in [0.4, 0.5) is 5.69 Å². The third-order valence-electron chi connectivity index (χ3n) is 3.78. The van der Waals surface area contributed by atoms with Gasteiger partial charge in [-0.3, -0.25) is 4.79 Å². The maximum atomic E-state index is 12.2. The minimum absolute atomic E-state index is 0.0749. The lowest BCUT2D eigenvalue weighted by Crippen LogP contribution is -2.15. The summed E-state index contributed by atoms with van der Waals surface area (Å²) in [6, 6.07) is 11.6. The van der Waals surface area contributed by atoms with Gasteiger partial charge in [-0.25, -0.2) is 13.6 Å². The maximum absolute atomic E-state index is 12.2. The summed E-state index contributed by atoms with van der Waals surface area (Å²) in [5.41, 5.74) is 3.56. The number of carbonyl (C=O) groups excluding carboxylic acids is 1. The molecule has 0 atom stereocenters. The zero-order valence-corrected chi connectivity index (χ0v) is 12.7. The average Bonchev–Trinajstić information content (AvgIpc) is 2.94. The lowest BCUT2D eigenvalue weighted by Gasteiger charge is -2.08. The summed E-state index contributed by atoms with van der Waals surface area (Å²) < 4.78 is 22.7. The van der Waals surface area contributed by atoms with Gasteiger partial charge in [-0.2, -0.15) is 0 Å². The van der Waals surface area contributed by atoms with E-state index in [1.807, 2.05) is 18.2 Å². The monoisotopic (exact) mass is 316 g/mol. The summed E-state index contributed by atoms with van der Waals surface area (Å²) in [5, 5.41) is 7.87. The van der Waals surface area contributed by atoms with Crippen molar-refractivity contribution in [2.75, 3.05) is 5.32 Å². The number of aryl methyl sites for hydroxylation is 2. The number of anilines is 1. The van der Waals surface area contributed by atoms with Crippen molar-refractivity contribution < 1.29 is 13.2 Å². The number of hydrogen-bond donors (Lipinski definition) is 2. The molecule has 0 bridgehead atoms. The largest absolute Gasteiger partial charge is 0.322 e. The first kappa shape index (κ1) is 14.7. The Morgan fingerprint density at radius 2 is 1.82 bits per heavy atom. The van der Waals surface area contributed by atoms with Crippen LogP contribution < -0.4 is 10.5 Å². The quantitative estimate of drug-likeness (QED) is 0.908. The van der Waals surface area contributed by atoms with Crippen molar-refractivity contribution in [2.45, 2.75) is 24.2 Å². The highest BCUT2D eigenvalue weighted by atomic mass is 32.2. The lowest BCUT2D eigenvalue weighted by atomic mass is 10.1. The maximum Gasteiger partial charge on any atom is 0.255 e. The SMILES string of the molecule is NS(=O)(=O)c1cccc(C(=O)Nc2ccc3c(c2)CCC3)c1. The van der Waals surface area contributed by atoms with E-state index in [4.69, 9.17) is 5.14 Å². The van der Waals surface area contributed by atoms with Gasteiger partial charge in [0.25, 0.3) is 5.91 Å². The van der Waals surface area contributed by atoms with Crippen LogP contribution in [0.3, 0.4) is 0 Å². The van der Waals surface area contributed by atoms with Gasteiger partial charge in [0.2, 0.25) is 10.0 Å². The number of amides is 1. The van der Waals surface area contributed by atoms with Gasteiger partial charge in [-0.15, -0.1) is 0 Å². The molecule has 5 nitrogen and oxygen atoms in total. The molecule has 2 aromatic rings. The molecule has 0 radical (unpaired) electrons. The normalized spacial score (nSPS) is 13.7. The van der Waals surface area contributed by atoms with Crippen molar-refractivity contribution in [1.29, 1.82) is 0 Å². The predicted molar refractivity (Wildman–Crippen MR) is 84.2 cm³/mol.